The molecule has 3 aromatic rings. The Balaban J connectivity index is 1.33. The van der Waals surface area contributed by atoms with Gasteiger partial charge in [-0.15, -0.1) is 11.3 Å². The number of aromatic nitrogens is 3. The molecule has 1 fully saturated rings. The topological polar surface area (TPSA) is 97.3 Å². The van der Waals surface area contributed by atoms with Crippen molar-refractivity contribution in [2.45, 2.75) is 32.2 Å². The highest BCUT2D eigenvalue weighted by Gasteiger charge is 2.28. The van der Waals surface area contributed by atoms with Gasteiger partial charge in [0.2, 0.25) is 11.8 Å². The van der Waals surface area contributed by atoms with Crippen molar-refractivity contribution >= 4 is 17.4 Å². The number of nitrogens with zero attached hydrogens (tertiary/aromatic N) is 4. The molecule has 1 unspecified atom stereocenters. The zero-order valence-electron chi connectivity index (χ0n) is 14.3. The molecule has 0 radical (unpaired) electrons. The number of likely N-dealkylation sites (tertiary alicyclic amines) is 1. The molecule has 3 aromatic heterocycles. The van der Waals surface area contributed by atoms with Crippen molar-refractivity contribution in [3.8, 4) is 10.8 Å². The van der Waals surface area contributed by atoms with E-state index in [0.29, 0.717) is 42.9 Å². The smallest absolute Gasteiger partial charge is 0.317 e. The number of carbonyl (C=O) groups is 1. The van der Waals surface area contributed by atoms with Gasteiger partial charge in [-0.3, -0.25) is 0 Å². The second-order valence-corrected chi connectivity index (χ2v) is 7.19. The van der Waals surface area contributed by atoms with Crippen molar-refractivity contribution in [1.29, 1.82) is 0 Å². The van der Waals surface area contributed by atoms with Crippen LogP contribution in [0.25, 0.3) is 10.8 Å². The summed E-state index contributed by atoms with van der Waals surface area (Å²) in [6.45, 7) is 3.42. The lowest BCUT2D eigenvalue weighted by Gasteiger charge is -2.30. The minimum Gasteiger partial charge on any atom is -0.443 e. The average molecular weight is 373 g/mol. The van der Waals surface area contributed by atoms with Gasteiger partial charge in [0.05, 0.1) is 23.0 Å². The summed E-state index contributed by atoms with van der Waals surface area (Å²) < 4.78 is 10.7. The lowest BCUT2D eigenvalue weighted by molar-refractivity contribution is 0.171. The molecular formula is C17H19N5O3S. The monoisotopic (exact) mass is 373 g/mol. The first-order valence-electron chi connectivity index (χ1n) is 8.50. The van der Waals surface area contributed by atoms with E-state index in [-0.39, 0.29) is 11.9 Å². The zero-order valence-corrected chi connectivity index (χ0v) is 15.2. The predicted octanol–water partition coefficient (Wildman–Crippen LogP) is 3.18. The first kappa shape index (κ1) is 16.8. The Morgan fingerprint density at radius 1 is 1.46 bits per heavy atom. The number of piperidine rings is 1. The van der Waals surface area contributed by atoms with E-state index in [0.717, 1.165) is 17.7 Å². The van der Waals surface area contributed by atoms with Crippen molar-refractivity contribution in [2.24, 2.45) is 0 Å². The Bertz CT molecular complexity index is 873. The number of oxazole rings is 1. The fraction of sp³-hybridized carbons (Fsp3) is 0.412. The van der Waals surface area contributed by atoms with E-state index in [1.807, 2.05) is 17.5 Å². The van der Waals surface area contributed by atoms with E-state index in [1.165, 1.54) is 0 Å². The Hall–Kier alpha value is -2.68. The summed E-state index contributed by atoms with van der Waals surface area (Å²) in [6, 6.07) is 3.78. The molecule has 9 heteroatoms. The van der Waals surface area contributed by atoms with Gasteiger partial charge in [-0.25, -0.2) is 9.78 Å². The highest BCUT2D eigenvalue weighted by atomic mass is 32.1. The molecule has 1 aliphatic rings. The molecule has 1 saturated heterocycles. The van der Waals surface area contributed by atoms with Crippen molar-refractivity contribution in [1.82, 2.24) is 25.3 Å². The third-order valence-electron chi connectivity index (χ3n) is 4.31. The van der Waals surface area contributed by atoms with Gasteiger partial charge >= 0.3 is 6.03 Å². The molecule has 136 valence electrons. The minimum atomic E-state index is -0.119. The number of amides is 2. The highest BCUT2D eigenvalue weighted by molar-refractivity contribution is 7.13. The zero-order chi connectivity index (χ0) is 17.9. The quantitative estimate of drug-likeness (QED) is 0.754. The molecule has 8 nitrogen and oxygen atoms in total. The molecule has 0 spiro atoms. The molecule has 1 atom stereocenters. The van der Waals surface area contributed by atoms with Crippen LogP contribution in [0.4, 0.5) is 4.79 Å². The Labute approximate surface area is 154 Å². The maximum absolute atomic E-state index is 12.5. The third-order valence-corrected chi connectivity index (χ3v) is 5.16. The van der Waals surface area contributed by atoms with Crippen LogP contribution in [0.1, 0.15) is 36.2 Å². The second-order valence-electron chi connectivity index (χ2n) is 6.24. The molecule has 0 bridgehead atoms. The van der Waals surface area contributed by atoms with E-state index >= 15 is 0 Å². The highest BCUT2D eigenvalue weighted by Crippen LogP contribution is 2.26. The van der Waals surface area contributed by atoms with E-state index in [1.54, 1.807) is 29.4 Å². The van der Waals surface area contributed by atoms with Gasteiger partial charge in [-0.2, -0.15) is 4.98 Å². The van der Waals surface area contributed by atoms with Gasteiger partial charge in [0, 0.05) is 13.1 Å². The van der Waals surface area contributed by atoms with Crippen LogP contribution in [-0.2, 0) is 6.54 Å². The van der Waals surface area contributed by atoms with Crippen LogP contribution in [0.2, 0.25) is 0 Å². The fourth-order valence-electron chi connectivity index (χ4n) is 3.02. The number of carbonyl (C=O) groups excluding carboxylic acids is 1. The maximum Gasteiger partial charge on any atom is 0.317 e. The Kier molecular flexibility index (Phi) is 4.70. The van der Waals surface area contributed by atoms with Crippen LogP contribution in [0, 0.1) is 6.92 Å². The predicted molar refractivity (Wildman–Crippen MR) is 94.6 cm³/mol. The van der Waals surface area contributed by atoms with Gasteiger partial charge in [-0.05, 0) is 31.2 Å². The maximum atomic E-state index is 12.5. The largest absolute Gasteiger partial charge is 0.443 e. The molecule has 0 aliphatic carbocycles. The molecule has 0 aromatic carbocycles. The number of nitrogens with one attached hydrogen (secondary N) is 1. The van der Waals surface area contributed by atoms with Crippen LogP contribution >= 0.6 is 11.3 Å². The summed E-state index contributed by atoms with van der Waals surface area (Å²) in [7, 11) is 0. The Morgan fingerprint density at radius 3 is 3.15 bits per heavy atom. The molecule has 1 N–H and O–H groups in total. The molecule has 0 saturated carbocycles. The van der Waals surface area contributed by atoms with Crippen LogP contribution in [-0.4, -0.2) is 39.1 Å². The molecule has 4 heterocycles. The number of hydrogen-bond donors (Lipinski definition) is 1. The van der Waals surface area contributed by atoms with Crippen molar-refractivity contribution < 1.29 is 13.7 Å². The summed E-state index contributed by atoms with van der Waals surface area (Å²) in [5, 5.41) is 8.71. The normalized spacial score (nSPS) is 17.4. The number of aryl methyl sites for hydroxylation is 1. The van der Waals surface area contributed by atoms with Gasteiger partial charge in [0.25, 0.3) is 0 Å². The van der Waals surface area contributed by atoms with Crippen LogP contribution < -0.4 is 5.32 Å². The standard InChI is InChI=1S/C17H19N5O3S/c1-11-19-15(25-21-11)12-4-2-6-22(9-12)17(23)18-8-13-10-24-16(20-13)14-5-3-7-26-14/h3,5,7,10,12H,2,4,6,8-9H2,1H3,(H,18,23). The first-order chi connectivity index (χ1) is 12.7. The van der Waals surface area contributed by atoms with Gasteiger partial charge in [-0.1, -0.05) is 11.2 Å². The Morgan fingerprint density at radius 2 is 2.38 bits per heavy atom. The molecular weight excluding hydrogens is 354 g/mol. The van der Waals surface area contributed by atoms with E-state index in [2.05, 4.69) is 20.4 Å². The number of hydrogen-bond acceptors (Lipinski definition) is 7. The molecule has 4 rings (SSSR count). The summed E-state index contributed by atoms with van der Waals surface area (Å²) in [6.07, 6.45) is 3.43. The van der Waals surface area contributed by atoms with Crippen molar-refractivity contribution in [3.63, 3.8) is 0 Å². The average Bonchev–Trinajstić information content (AvgIpc) is 3.40. The third kappa shape index (κ3) is 3.62. The molecule has 2 amide bonds. The van der Waals surface area contributed by atoms with Crippen molar-refractivity contribution in [3.05, 3.63) is 41.2 Å². The first-order valence-corrected chi connectivity index (χ1v) is 9.38. The summed E-state index contributed by atoms with van der Waals surface area (Å²) >= 11 is 1.56. The van der Waals surface area contributed by atoms with Gasteiger partial charge in [0.1, 0.15) is 6.26 Å². The number of urea groups is 1. The number of rotatable bonds is 4. The summed E-state index contributed by atoms with van der Waals surface area (Å²) in [5.41, 5.74) is 0.697. The van der Waals surface area contributed by atoms with Gasteiger partial charge < -0.3 is 19.2 Å². The summed E-state index contributed by atoms with van der Waals surface area (Å²) in [4.78, 5) is 23.9. The van der Waals surface area contributed by atoms with E-state index < -0.39 is 0 Å². The van der Waals surface area contributed by atoms with E-state index in [9.17, 15) is 4.79 Å². The van der Waals surface area contributed by atoms with Crippen molar-refractivity contribution in [2.75, 3.05) is 13.1 Å². The van der Waals surface area contributed by atoms with Crippen LogP contribution in [0.15, 0.2) is 32.7 Å². The fourth-order valence-corrected chi connectivity index (χ4v) is 3.68. The van der Waals surface area contributed by atoms with E-state index in [4.69, 9.17) is 8.94 Å². The summed E-state index contributed by atoms with van der Waals surface area (Å²) in [5.74, 6) is 1.90. The SMILES string of the molecule is Cc1noc(C2CCCN(C(=O)NCc3coc(-c4cccs4)n3)C2)n1. The van der Waals surface area contributed by atoms with Gasteiger partial charge in [0.15, 0.2) is 5.82 Å². The van der Waals surface area contributed by atoms with Crippen LogP contribution in [0.5, 0.6) is 0 Å². The lowest BCUT2D eigenvalue weighted by Crippen LogP contribution is -2.44. The lowest BCUT2D eigenvalue weighted by atomic mass is 9.98. The van der Waals surface area contributed by atoms with Crippen LogP contribution in [0.3, 0.4) is 0 Å². The number of thiophene rings is 1. The molecule has 1 aliphatic heterocycles. The minimum absolute atomic E-state index is 0.0909. The molecule has 26 heavy (non-hydrogen) atoms. The second kappa shape index (κ2) is 7.28.